The number of anilines is 1. The Kier molecular flexibility index (Phi) is 5.07. The minimum Gasteiger partial charge on any atom is -0.364 e. The predicted octanol–water partition coefficient (Wildman–Crippen LogP) is 4.13. The van der Waals surface area contributed by atoms with Crippen molar-refractivity contribution in [2.75, 3.05) is 11.6 Å². The molecule has 0 saturated heterocycles. The van der Waals surface area contributed by atoms with Crippen molar-refractivity contribution < 1.29 is 8.42 Å². The number of rotatable bonds is 6. The van der Waals surface area contributed by atoms with E-state index in [2.05, 4.69) is 32.4 Å². The molecule has 6 nitrogen and oxygen atoms in total. The number of sulfone groups is 1. The molecule has 0 aliphatic rings. The molecule has 1 atom stereocenters. The second kappa shape index (κ2) is 7.67. The zero-order valence-corrected chi connectivity index (χ0v) is 17.1. The highest BCUT2D eigenvalue weighted by Gasteiger charge is 2.10. The average molecular weight is 407 g/mol. The van der Waals surface area contributed by atoms with Crippen LogP contribution in [0.1, 0.15) is 29.7 Å². The van der Waals surface area contributed by atoms with E-state index < -0.39 is 9.84 Å². The van der Waals surface area contributed by atoms with E-state index in [-0.39, 0.29) is 6.04 Å². The fraction of sp³-hybridized carbons (Fsp3) is 0.182. The molecule has 3 heterocycles. The summed E-state index contributed by atoms with van der Waals surface area (Å²) in [4.78, 5) is 12.4. The van der Waals surface area contributed by atoms with Gasteiger partial charge in [0.25, 0.3) is 0 Å². The van der Waals surface area contributed by atoms with Gasteiger partial charge in [-0.15, -0.1) is 0 Å². The first-order valence-corrected chi connectivity index (χ1v) is 11.2. The van der Waals surface area contributed by atoms with Gasteiger partial charge >= 0.3 is 0 Å². The van der Waals surface area contributed by atoms with Crippen LogP contribution in [0.5, 0.6) is 0 Å². The molecular weight excluding hydrogens is 384 g/mol. The summed E-state index contributed by atoms with van der Waals surface area (Å²) in [5, 5.41) is 4.48. The van der Waals surface area contributed by atoms with Crippen LogP contribution in [0.15, 0.2) is 72.0 Å². The van der Waals surface area contributed by atoms with Gasteiger partial charge in [0.1, 0.15) is 11.5 Å². The third kappa shape index (κ3) is 4.30. The van der Waals surface area contributed by atoms with E-state index in [0.29, 0.717) is 4.90 Å². The van der Waals surface area contributed by atoms with Crippen LogP contribution < -0.4 is 5.32 Å². The van der Waals surface area contributed by atoms with Crippen molar-refractivity contribution in [3.8, 4) is 0 Å². The Labute approximate surface area is 170 Å². The van der Waals surface area contributed by atoms with Crippen LogP contribution in [0.25, 0.3) is 11.0 Å². The highest BCUT2D eigenvalue weighted by molar-refractivity contribution is 7.90. The van der Waals surface area contributed by atoms with Crippen molar-refractivity contribution >= 4 is 26.7 Å². The number of hydrogen-bond acceptors (Lipinski definition) is 5. The Morgan fingerprint density at radius 2 is 1.86 bits per heavy atom. The topological polar surface area (TPSA) is 87.7 Å². The number of aromatic amines is 1. The highest BCUT2D eigenvalue weighted by Crippen LogP contribution is 2.22. The fourth-order valence-corrected chi connectivity index (χ4v) is 3.93. The number of fused-ring (bicyclic) bond motifs is 1. The van der Waals surface area contributed by atoms with Crippen LogP contribution >= 0.6 is 0 Å². The maximum atomic E-state index is 11.6. The molecule has 0 aliphatic heterocycles. The van der Waals surface area contributed by atoms with Crippen LogP contribution in [-0.2, 0) is 16.3 Å². The molecule has 0 aliphatic carbocycles. The molecule has 0 spiro atoms. The summed E-state index contributed by atoms with van der Waals surface area (Å²) in [6.45, 7) is 2.02. The van der Waals surface area contributed by atoms with Crippen LogP contribution in [0.2, 0.25) is 0 Å². The normalized spacial score (nSPS) is 12.8. The number of H-pyrrole nitrogens is 1. The van der Waals surface area contributed by atoms with E-state index >= 15 is 0 Å². The summed E-state index contributed by atoms with van der Waals surface area (Å²) in [5.74, 6) is 0.772. The van der Waals surface area contributed by atoms with Crippen molar-refractivity contribution in [2.45, 2.75) is 24.3 Å². The van der Waals surface area contributed by atoms with E-state index in [0.717, 1.165) is 34.4 Å². The smallest absolute Gasteiger partial charge is 0.175 e. The molecule has 0 saturated carbocycles. The number of nitrogens with one attached hydrogen (secondary N) is 2. The molecule has 0 radical (unpaired) electrons. The van der Waals surface area contributed by atoms with Crippen molar-refractivity contribution in [2.24, 2.45) is 0 Å². The summed E-state index contributed by atoms with van der Waals surface area (Å²) >= 11 is 0. The zero-order chi connectivity index (χ0) is 20.4. The maximum absolute atomic E-state index is 11.6. The molecule has 2 N–H and O–H groups in total. The largest absolute Gasteiger partial charge is 0.364 e. The Morgan fingerprint density at radius 3 is 2.55 bits per heavy atom. The van der Waals surface area contributed by atoms with Crippen molar-refractivity contribution in [1.29, 1.82) is 0 Å². The Morgan fingerprint density at radius 1 is 1.07 bits per heavy atom. The second-order valence-corrected chi connectivity index (χ2v) is 9.16. The molecule has 4 rings (SSSR count). The summed E-state index contributed by atoms with van der Waals surface area (Å²) in [6.07, 6.45) is 7.63. The quantitative estimate of drug-likeness (QED) is 0.503. The summed E-state index contributed by atoms with van der Waals surface area (Å²) < 4.78 is 23.2. The summed E-state index contributed by atoms with van der Waals surface area (Å²) in [7, 11) is -3.18. The van der Waals surface area contributed by atoms with Gasteiger partial charge in [0, 0.05) is 42.7 Å². The lowest BCUT2D eigenvalue weighted by atomic mass is 10.1. The third-order valence-corrected chi connectivity index (χ3v) is 6.06. The molecule has 1 aromatic carbocycles. The van der Waals surface area contributed by atoms with E-state index in [1.54, 1.807) is 18.3 Å². The van der Waals surface area contributed by atoms with Gasteiger partial charge in [0.15, 0.2) is 9.84 Å². The van der Waals surface area contributed by atoms with Gasteiger partial charge in [0.05, 0.1) is 4.90 Å². The predicted molar refractivity (Wildman–Crippen MR) is 115 cm³/mol. The molecular formula is C22H22N4O2S. The van der Waals surface area contributed by atoms with Gasteiger partial charge in [0.2, 0.25) is 0 Å². The maximum Gasteiger partial charge on any atom is 0.175 e. The van der Waals surface area contributed by atoms with Gasteiger partial charge in [-0.25, -0.2) is 18.4 Å². The summed E-state index contributed by atoms with van der Waals surface area (Å²) in [6, 6.07) is 14.9. The van der Waals surface area contributed by atoms with E-state index in [1.165, 1.54) is 11.8 Å². The fourth-order valence-electron chi connectivity index (χ4n) is 3.30. The van der Waals surface area contributed by atoms with Crippen molar-refractivity contribution in [3.63, 3.8) is 0 Å². The lowest BCUT2D eigenvalue weighted by Gasteiger charge is -2.15. The van der Waals surface area contributed by atoms with Crippen LogP contribution in [0, 0.1) is 0 Å². The standard InChI is InChI=1S/C22H22N4O2S/c1-15(17-6-8-19(9-7-17)29(2,27)28)26-21-10-5-16(13-24-21)12-18-14-25-22-20(18)4-3-11-23-22/h3-11,13-15H,12H2,1-2H3,(H,23,25)(H,24,26). The number of aromatic nitrogens is 3. The van der Waals surface area contributed by atoms with Crippen LogP contribution in [0.3, 0.4) is 0 Å². The highest BCUT2D eigenvalue weighted by atomic mass is 32.2. The van der Waals surface area contributed by atoms with Crippen molar-refractivity contribution in [3.05, 3.63) is 83.8 Å². The Bertz CT molecular complexity index is 1230. The van der Waals surface area contributed by atoms with Crippen LogP contribution in [0.4, 0.5) is 5.82 Å². The van der Waals surface area contributed by atoms with Gasteiger partial charge < -0.3 is 10.3 Å². The average Bonchev–Trinajstić information content (AvgIpc) is 3.12. The van der Waals surface area contributed by atoms with Gasteiger partial charge in [-0.1, -0.05) is 18.2 Å². The lowest BCUT2D eigenvalue weighted by molar-refractivity contribution is 0.602. The van der Waals surface area contributed by atoms with E-state index in [1.807, 2.05) is 43.6 Å². The van der Waals surface area contributed by atoms with Crippen LogP contribution in [-0.4, -0.2) is 29.6 Å². The molecule has 3 aromatic heterocycles. The SMILES string of the molecule is CC(Nc1ccc(Cc2c[nH]c3ncccc23)cn1)c1ccc(S(C)(=O)=O)cc1. The number of hydrogen-bond donors (Lipinski definition) is 2. The van der Waals surface area contributed by atoms with Gasteiger partial charge in [-0.2, -0.15) is 0 Å². The van der Waals surface area contributed by atoms with Gasteiger partial charge in [-0.3, -0.25) is 0 Å². The number of benzene rings is 1. The number of pyridine rings is 2. The molecule has 0 bridgehead atoms. The Hall–Kier alpha value is -3.19. The molecule has 0 fully saturated rings. The molecule has 7 heteroatoms. The van der Waals surface area contributed by atoms with Gasteiger partial charge in [-0.05, 0) is 53.9 Å². The van der Waals surface area contributed by atoms with Crippen molar-refractivity contribution in [1.82, 2.24) is 15.0 Å². The number of nitrogens with zero attached hydrogens (tertiary/aromatic N) is 2. The monoisotopic (exact) mass is 406 g/mol. The second-order valence-electron chi connectivity index (χ2n) is 7.15. The molecule has 4 aromatic rings. The molecule has 29 heavy (non-hydrogen) atoms. The first-order valence-electron chi connectivity index (χ1n) is 9.32. The Balaban J connectivity index is 1.44. The first-order chi connectivity index (χ1) is 13.9. The summed E-state index contributed by atoms with van der Waals surface area (Å²) in [5.41, 5.74) is 4.19. The first kappa shape index (κ1) is 19.1. The lowest BCUT2D eigenvalue weighted by Crippen LogP contribution is -2.08. The molecule has 148 valence electrons. The van der Waals surface area contributed by atoms with E-state index in [4.69, 9.17) is 0 Å². The van der Waals surface area contributed by atoms with E-state index in [9.17, 15) is 8.42 Å². The molecule has 0 amide bonds. The third-order valence-electron chi connectivity index (χ3n) is 4.93. The minimum absolute atomic E-state index is 0.00153. The minimum atomic E-state index is -3.18. The molecule has 1 unspecified atom stereocenters. The zero-order valence-electron chi connectivity index (χ0n) is 16.3.